The van der Waals surface area contributed by atoms with Gasteiger partial charge in [0.2, 0.25) is 6.79 Å². The van der Waals surface area contributed by atoms with Gasteiger partial charge in [-0.2, -0.15) is 0 Å². The summed E-state index contributed by atoms with van der Waals surface area (Å²) in [5.41, 5.74) is 0.662. The molecule has 0 saturated carbocycles. The SMILES string of the molecule is O=C(COc1ccc2c(c1)OCO2)Nc1ccc(Oc2ccccc2)cc1. The van der Waals surface area contributed by atoms with E-state index in [9.17, 15) is 4.79 Å². The number of ether oxygens (including phenoxy) is 4. The highest BCUT2D eigenvalue weighted by atomic mass is 16.7. The highest BCUT2D eigenvalue weighted by Gasteiger charge is 2.14. The summed E-state index contributed by atoms with van der Waals surface area (Å²) >= 11 is 0. The molecule has 1 aliphatic rings. The quantitative estimate of drug-likeness (QED) is 0.710. The Labute approximate surface area is 156 Å². The van der Waals surface area contributed by atoms with Crippen molar-refractivity contribution in [2.75, 3.05) is 18.7 Å². The zero-order valence-electron chi connectivity index (χ0n) is 14.4. The molecule has 6 heteroatoms. The van der Waals surface area contributed by atoms with Crippen molar-refractivity contribution in [3.05, 3.63) is 72.8 Å². The fourth-order valence-electron chi connectivity index (χ4n) is 2.54. The largest absolute Gasteiger partial charge is 0.484 e. The van der Waals surface area contributed by atoms with Crippen LogP contribution in [0, 0.1) is 0 Å². The van der Waals surface area contributed by atoms with Crippen LogP contribution in [0.25, 0.3) is 0 Å². The van der Waals surface area contributed by atoms with Crippen molar-refractivity contribution in [1.29, 1.82) is 0 Å². The fraction of sp³-hybridized carbons (Fsp3) is 0.0952. The average molecular weight is 363 g/mol. The third kappa shape index (κ3) is 4.30. The van der Waals surface area contributed by atoms with Gasteiger partial charge in [-0.1, -0.05) is 18.2 Å². The molecule has 1 amide bonds. The Morgan fingerprint density at radius 3 is 2.37 bits per heavy atom. The van der Waals surface area contributed by atoms with E-state index in [-0.39, 0.29) is 19.3 Å². The topological polar surface area (TPSA) is 66.0 Å². The van der Waals surface area contributed by atoms with Crippen LogP contribution in [0.3, 0.4) is 0 Å². The van der Waals surface area contributed by atoms with Crippen molar-refractivity contribution in [2.45, 2.75) is 0 Å². The van der Waals surface area contributed by atoms with Crippen LogP contribution in [0.2, 0.25) is 0 Å². The Morgan fingerprint density at radius 1 is 0.852 bits per heavy atom. The molecule has 136 valence electrons. The van der Waals surface area contributed by atoms with Crippen LogP contribution in [-0.4, -0.2) is 19.3 Å². The van der Waals surface area contributed by atoms with Crippen LogP contribution in [-0.2, 0) is 4.79 Å². The third-order valence-electron chi connectivity index (χ3n) is 3.83. The summed E-state index contributed by atoms with van der Waals surface area (Å²) in [4.78, 5) is 12.1. The lowest BCUT2D eigenvalue weighted by Crippen LogP contribution is -2.20. The summed E-state index contributed by atoms with van der Waals surface area (Å²) in [6.45, 7) is 0.0885. The number of hydrogen-bond acceptors (Lipinski definition) is 5. The normalized spacial score (nSPS) is 11.7. The van der Waals surface area contributed by atoms with Crippen molar-refractivity contribution < 1.29 is 23.7 Å². The van der Waals surface area contributed by atoms with E-state index < -0.39 is 0 Å². The maximum Gasteiger partial charge on any atom is 0.262 e. The van der Waals surface area contributed by atoms with Gasteiger partial charge in [-0.25, -0.2) is 0 Å². The first-order valence-electron chi connectivity index (χ1n) is 8.41. The van der Waals surface area contributed by atoms with Crippen molar-refractivity contribution in [3.63, 3.8) is 0 Å². The van der Waals surface area contributed by atoms with Gasteiger partial charge >= 0.3 is 0 Å². The van der Waals surface area contributed by atoms with E-state index in [1.807, 2.05) is 30.3 Å². The molecule has 0 radical (unpaired) electrons. The van der Waals surface area contributed by atoms with Crippen molar-refractivity contribution in [3.8, 4) is 28.7 Å². The Morgan fingerprint density at radius 2 is 1.56 bits per heavy atom. The van der Waals surface area contributed by atoms with E-state index in [1.165, 1.54) is 0 Å². The van der Waals surface area contributed by atoms with E-state index >= 15 is 0 Å². The first kappa shape index (κ1) is 16.8. The number of carbonyl (C=O) groups is 1. The lowest BCUT2D eigenvalue weighted by Gasteiger charge is -2.09. The average Bonchev–Trinajstić information content (AvgIpc) is 3.17. The molecule has 0 saturated heterocycles. The minimum absolute atomic E-state index is 0.109. The predicted octanol–water partition coefficient (Wildman–Crippen LogP) is 4.23. The highest BCUT2D eigenvalue weighted by Crippen LogP contribution is 2.35. The maximum absolute atomic E-state index is 12.1. The highest BCUT2D eigenvalue weighted by molar-refractivity contribution is 5.91. The van der Waals surface area contributed by atoms with Gasteiger partial charge in [0.15, 0.2) is 18.1 Å². The summed E-state index contributed by atoms with van der Waals surface area (Å²) in [5, 5.41) is 2.78. The molecule has 3 aromatic carbocycles. The Hall–Kier alpha value is -3.67. The third-order valence-corrected chi connectivity index (χ3v) is 3.83. The number of amides is 1. The van der Waals surface area contributed by atoms with Gasteiger partial charge in [0.05, 0.1) is 0 Å². The number of rotatable bonds is 6. The summed E-state index contributed by atoms with van der Waals surface area (Å²) < 4.78 is 21.7. The zero-order chi connectivity index (χ0) is 18.5. The molecule has 0 unspecified atom stereocenters. The second-order valence-electron chi connectivity index (χ2n) is 5.79. The second-order valence-corrected chi connectivity index (χ2v) is 5.79. The number of para-hydroxylation sites is 1. The number of carbonyl (C=O) groups excluding carboxylic acids is 1. The van der Waals surface area contributed by atoms with Gasteiger partial charge in [0.1, 0.15) is 17.2 Å². The lowest BCUT2D eigenvalue weighted by molar-refractivity contribution is -0.118. The number of nitrogens with one attached hydrogen (secondary N) is 1. The number of hydrogen-bond donors (Lipinski definition) is 1. The molecule has 0 aromatic heterocycles. The van der Waals surface area contributed by atoms with E-state index in [0.29, 0.717) is 28.7 Å². The minimum Gasteiger partial charge on any atom is -0.484 e. The molecule has 1 N–H and O–H groups in total. The van der Waals surface area contributed by atoms with Crippen LogP contribution in [0.15, 0.2) is 72.8 Å². The van der Waals surface area contributed by atoms with E-state index in [4.69, 9.17) is 18.9 Å². The molecule has 27 heavy (non-hydrogen) atoms. The Kier molecular flexibility index (Phi) is 4.78. The van der Waals surface area contributed by atoms with E-state index in [1.54, 1.807) is 42.5 Å². The molecule has 3 aromatic rings. The molecule has 0 atom stereocenters. The van der Waals surface area contributed by atoms with Gasteiger partial charge in [-0.3, -0.25) is 4.79 Å². The summed E-state index contributed by atoms with van der Waals surface area (Å²) in [6, 6.07) is 21.8. The van der Waals surface area contributed by atoms with E-state index in [2.05, 4.69) is 5.32 Å². The van der Waals surface area contributed by atoms with Crippen LogP contribution in [0.5, 0.6) is 28.7 Å². The molecule has 0 spiro atoms. The number of anilines is 1. The van der Waals surface area contributed by atoms with Crippen LogP contribution >= 0.6 is 0 Å². The van der Waals surface area contributed by atoms with Gasteiger partial charge in [-0.15, -0.1) is 0 Å². The Balaban J connectivity index is 1.29. The number of benzene rings is 3. The van der Waals surface area contributed by atoms with Gasteiger partial charge < -0.3 is 24.3 Å². The lowest BCUT2D eigenvalue weighted by atomic mass is 10.3. The minimum atomic E-state index is -0.260. The van der Waals surface area contributed by atoms with Crippen molar-refractivity contribution in [2.24, 2.45) is 0 Å². The molecule has 6 nitrogen and oxygen atoms in total. The molecular formula is C21H17NO5. The molecule has 1 heterocycles. The molecule has 0 aliphatic carbocycles. The summed E-state index contributed by atoms with van der Waals surface area (Å²) in [6.07, 6.45) is 0. The van der Waals surface area contributed by atoms with Crippen molar-refractivity contribution >= 4 is 11.6 Å². The van der Waals surface area contributed by atoms with Crippen LogP contribution < -0.4 is 24.3 Å². The van der Waals surface area contributed by atoms with Crippen LogP contribution in [0.1, 0.15) is 0 Å². The molecule has 4 rings (SSSR count). The monoisotopic (exact) mass is 363 g/mol. The summed E-state index contributed by atoms with van der Waals surface area (Å²) in [5.74, 6) is 3.01. The maximum atomic E-state index is 12.1. The Bertz CT molecular complexity index is 925. The molecule has 0 fully saturated rings. The molecule has 0 bridgehead atoms. The number of fused-ring (bicyclic) bond motifs is 1. The van der Waals surface area contributed by atoms with Crippen LogP contribution in [0.4, 0.5) is 5.69 Å². The second kappa shape index (κ2) is 7.70. The van der Waals surface area contributed by atoms with Crippen molar-refractivity contribution in [1.82, 2.24) is 0 Å². The first-order chi connectivity index (χ1) is 13.3. The fourth-order valence-corrected chi connectivity index (χ4v) is 2.54. The van der Waals surface area contributed by atoms with Gasteiger partial charge in [0.25, 0.3) is 5.91 Å². The predicted molar refractivity (Wildman–Crippen MR) is 99.6 cm³/mol. The van der Waals surface area contributed by atoms with E-state index in [0.717, 1.165) is 5.75 Å². The molecule has 1 aliphatic heterocycles. The first-order valence-corrected chi connectivity index (χ1v) is 8.41. The smallest absolute Gasteiger partial charge is 0.262 e. The van der Waals surface area contributed by atoms with Gasteiger partial charge in [0, 0.05) is 11.8 Å². The van der Waals surface area contributed by atoms with Gasteiger partial charge in [-0.05, 0) is 48.5 Å². The zero-order valence-corrected chi connectivity index (χ0v) is 14.4. The summed E-state index contributed by atoms with van der Waals surface area (Å²) in [7, 11) is 0. The standard InChI is InChI=1S/C21H17NO5/c23-21(13-24-18-10-11-19-20(12-18)26-14-25-19)22-15-6-8-17(9-7-15)27-16-4-2-1-3-5-16/h1-12H,13-14H2,(H,22,23). The molecular weight excluding hydrogens is 346 g/mol.